The van der Waals surface area contributed by atoms with Gasteiger partial charge in [-0.2, -0.15) is 0 Å². The molecule has 1 fully saturated rings. The second-order valence-corrected chi connectivity index (χ2v) is 4.92. The van der Waals surface area contributed by atoms with Gasteiger partial charge in [0.15, 0.2) is 0 Å². The Balaban J connectivity index is 2.75. The number of amides is 2. The van der Waals surface area contributed by atoms with E-state index in [1.54, 1.807) is 18.7 Å². The molecule has 104 valence electrons. The van der Waals surface area contributed by atoms with E-state index in [0.717, 1.165) is 25.8 Å². The van der Waals surface area contributed by atoms with Gasteiger partial charge in [-0.1, -0.05) is 20.8 Å². The predicted molar refractivity (Wildman–Crippen MR) is 69.5 cm³/mol. The van der Waals surface area contributed by atoms with E-state index in [1.165, 1.54) is 0 Å². The lowest BCUT2D eigenvalue weighted by atomic mass is 9.93. The fraction of sp³-hybridized carbons (Fsp3) is 0.846. The van der Waals surface area contributed by atoms with E-state index in [9.17, 15) is 14.7 Å². The molecular weight excluding hydrogens is 232 g/mol. The summed E-state index contributed by atoms with van der Waals surface area (Å²) in [7, 11) is 0. The number of rotatable bonds is 5. The zero-order valence-electron chi connectivity index (χ0n) is 11.5. The molecule has 2 amide bonds. The average Bonchev–Trinajstić information content (AvgIpc) is 2.83. The Morgan fingerprint density at radius 2 is 1.94 bits per heavy atom. The first-order valence-electron chi connectivity index (χ1n) is 6.82. The van der Waals surface area contributed by atoms with E-state index in [-0.39, 0.29) is 12.1 Å². The highest BCUT2D eigenvalue weighted by atomic mass is 16.4. The second-order valence-electron chi connectivity index (χ2n) is 4.92. The van der Waals surface area contributed by atoms with Gasteiger partial charge in [0.25, 0.3) is 0 Å². The van der Waals surface area contributed by atoms with Gasteiger partial charge in [-0.05, 0) is 32.1 Å². The Morgan fingerprint density at radius 3 is 2.39 bits per heavy atom. The first-order chi connectivity index (χ1) is 8.50. The molecule has 1 heterocycles. The van der Waals surface area contributed by atoms with Gasteiger partial charge < -0.3 is 15.3 Å². The van der Waals surface area contributed by atoms with E-state index in [2.05, 4.69) is 12.2 Å². The Kier molecular flexibility index (Phi) is 4.99. The van der Waals surface area contributed by atoms with Gasteiger partial charge in [0.1, 0.15) is 5.54 Å². The van der Waals surface area contributed by atoms with Crippen molar-refractivity contribution >= 4 is 12.0 Å². The number of aliphatic carboxylic acids is 1. The first kappa shape index (κ1) is 14.8. The highest BCUT2D eigenvalue weighted by Gasteiger charge is 2.39. The number of carboxylic acids is 1. The summed E-state index contributed by atoms with van der Waals surface area (Å²) in [5.41, 5.74) is -1.13. The van der Waals surface area contributed by atoms with Crippen LogP contribution in [0.3, 0.4) is 0 Å². The summed E-state index contributed by atoms with van der Waals surface area (Å²) in [5.74, 6) is -0.951. The van der Waals surface area contributed by atoms with Gasteiger partial charge >= 0.3 is 12.0 Å². The third-order valence-corrected chi connectivity index (χ3v) is 4.07. The van der Waals surface area contributed by atoms with Crippen LogP contribution in [0, 0.1) is 0 Å². The van der Waals surface area contributed by atoms with Crippen molar-refractivity contribution in [1.82, 2.24) is 10.2 Å². The molecule has 0 radical (unpaired) electrons. The van der Waals surface area contributed by atoms with Crippen molar-refractivity contribution in [3.05, 3.63) is 0 Å². The standard InChI is InChI=1S/C13H24N2O3/c1-4-10-8-7-9-15(10)12(18)14-13(5-2,6-3)11(16)17/h10H,4-9H2,1-3H3,(H,14,18)(H,16,17). The normalized spacial score (nSPS) is 19.9. The molecule has 0 aromatic heterocycles. The molecule has 0 spiro atoms. The molecule has 0 saturated carbocycles. The molecule has 0 aromatic carbocycles. The molecule has 1 unspecified atom stereocenters. The highest BCUT2D eigenvalue weighted by molar-refractivity contribution is 5.86. The molecule has 0 aliphatic carbocycles. The van der Waals surface area contributed by atoms with E-state index in [4.69, 9.17) is 0 Å². The zero-order chi connectivity index (χ0) is 13.8. The van der Waals surface area contributed by atoms with Gasteiger partial charge in [0, 0.05) is 12.6 Å². The molecule has 0 bridgehead atoms. The monoisotopic (exact) mass is 256 g/mol. The number of urea groups is 1. The third kappa shape index (κ3) is 2.76. The minimum absolute atomic E-state index is 0.231. The van der Waals surface area contributed by atoms with Crippen molar-refractivity contribution in [3.63, 3.8) is 0 Å². The Hall–Kier alpha value is -1.26. The van der Waals surface area contributed by atoms with Crippen LogP contribution in [0.1, 0.15) is 52.9 Å². The van der Waals surface area contributed by atoms with Gasteiger partial charge in [0.05, 0.1) is 0 Å². The van der Waals surface area contributed by atoms with Crippen LogP contribution < -0.4 is 5.32 Å². The van der Waals surface area contributed by atoms with Crippen LogP contribution in [0.25, 0.3) is 0 Å². The molecule has 5 nitrogen and oxygen atoms in total. The first-order valence-corrected chi connectivity index (χ1v) is 6.82. The lowest BCUT2D eigenvalue weighted by molar-refractivity contribution is -0.144. The van der Waals surface area contributed by atoms with Crippen LogP contribution in [0.4, 0.5) is 4.79 Å². The predicted octanol–water partition coefficient (Wildman–Crippen LogP) is 2.21. The van der Waals surface area contributed by atoms with Crippen molar-refractivity contribution < 1.29 is 14.7 Å². The van der Waals surface area contributed by atoms with Gasteiger partial charge in [0.2, 0.25) is 0 Å². The lowest BCUT2D eigenvalue weighted by Crippen LogP contribution is -2.57. The van der Waals surface area contributed by atoms with Crippen LogP contribution in [0.15, 0.2) is 0 Å². The Bertz CT molecular complexity index is 313. The fourth-order valence-electron chi connectivity index (χ4n) is 2.59. The molecule has 5 heteroatoms. The van der Waals surface area contributed by atoms with Gasteiger partial charge in [-0.15, -0.1) is 0 Å². The second kappa shape index (κ2) is 6.07. The number of likely N-dealkylation sites (tertiary alicyclic amines) is 1. The minimum atomic E-state index is -1.13. The zero-order valence-corrected chi connectivity index (χ0v) is 11.5. The van der Waals surface area contributed by atoms with E-state index in [1.807, 2.05) is 0 Å². The highest BCUT2D eigenvalue weighted by Crippen LogP contribution is 2.22. The summed E-state index contributed by atoms with van der Waals surface area (Å²) >= 11 is 0. The number of hydrogen-bond donors (Lipinski definition) is 2. The summed E-state index contributed by atoms with van der Waals surface area (Å²) in [6, 6.07) is 0.0238. The fourth-order valence-corrected chi connectivity index (χ4v) is 2.59. The largest absolute Gasteiger partial charge is 0.480 e. The maximum Gasteiger partial charge on any atom is 0.329 e. The molecular formula is C13H24N2O3. The van der Waals surface area contributed by atoms with Crippen molar-refractivity contribution in [3.8, 4) is 0 Å². The SMILES string of the molecule is CCC1CCCN1C(=O)NC(CC)(CC)C(=O)O. The van der Waals surface area contributed by atoms with Crippen molar-refractivity contribution in [1.29, 1.82) is 0 Å². The van der Waals surface area contributed by atoms with Crippen molar-refractivity contribution in [2.24, 2.45) is 0 Å². The molecule has 1 aliphatic rings. The molecule has 18 heavy (non-hydrogen) atoms. The number of carboxylic acid groups (broad SMARTS) is 1. The van der Waals surface area contributed by atoms with Crippen molar-refractivity contribution in [2.75, 3.05) is 6.54 Å². The molecule has 2 N–H and O–H groups in total. The van der Waals surface area contributed by atoms with Crippen molar-refractivity contribution in [2.45, 2.75) is 64.5 Å². The molecule has 0 aromatic rings. The number of carbonyl (C=O) groups is 2. The van der Waals surface area contributed by atoms with Crippen LogP contribution in [-0.2, 0) is 4.79 Å². The molecule has 1 atom stereocenters. The van der Waals surface area contributed by atoms with Gasteiger partial charge in [-0.3, -0.25) is 0 Å². The summed E-state index contributed by atoms with van der Waals surface area (Å²) in [6.07, 6.45) is 3.74. The molecule has 1 saturated heterocycles. The van der Waals surface area contributed by atoms with Crippen LogP contribution in [0.5, 0.6) is 0 Å². The molecule has 1 aliphatic heterocycles. The summed E-state index contributed by atoms with van der Waals surface area (Å²) < 4.78 is 0. The Morgan fingerprint density at radius 1 is 1.33 bits per heavy atom. The lowest BCUT2D eigenvalue weighted by Gasteiger charge is -2.32. The number of nitrogens with zero attached hydrogens (tertiary/aromatic N) is 1. The number of nitrogens with one attached hydrogen (secondary N) is 1. The van der Waals surface area contributed by atoms with E-state index in [0.29, 0.717) is 12.8 Å². The Labute approximate surface area is 109 Å². The minimum Gasteiger partial charge on any atom is -0.480 e. The van der Waals surface area contributed by atoms with E-state index >= 15 is 0 Å². The molecule has 1 rings (SSSR count). The number of hydrogen-bond acceptors (Lipinski definition) is 2. The smallest absolute Gasteiger partial charge is 0.329 e. The number of carbonyl (C=O) groups excluding carboxylic acids is 1. The van der Waals surface area contributed by atoms with Crippen LogP contribution >= 0.6 is 0 Å². The average molecular weight is 256 g/mol. The summed E-state index contributed by atoms with van der Waals surface area (Å²) in [4.78, 5) is 25.3. The summed E-state index contributed by atoms with van der Waals surface area (Å²) in [5, 5.41) is 12.0. The van der Waals surface area contributed by atoms with E-state index < -0.39 is 11.5 Å². The summed E-state index contributed by atoms with van der Waals surface area (Å²) in [6.45, 7) is 6.37. The maximum atomic E-state index is 12.2. The quantitative estimate of drug-likeness (QED) is 0.792. The van der Waals surface area contributed by atoms with Crippen LogP contribution in [-0.4, -0.2) is 40.1 Å². The van der Waals surface area contributed by atoms with Gasteiger partial charge in [-0.25, -0.2) is 9.59 Å². The maximum absolute atomic E-state index is 12.2. The van der Waals surface area contributed by atoms with Crippen LogP contribution in [0.2, 0.25) is 0 Å². The third-order valence-electron chi connectivity index (χ3n) is 4.07. The topological polar surface area (TPSA) is 69.6 Å².